The fraction of sp³-hybridized carbons (Fsp3) is 0.105. The quantitative estimate of drug-likeness (QED) is 0.665. The first-order chi connectivity index (χ1) is 11.2. The van der Waals surface area contributed by atoms with E-state index in [-0.39, 0.29) is 0 Å². The van der Waals surface area contributed by atoms with Crippen LogP contribution in [0.1, 0.15) is 11.3 Å². The molecule has 4 heteroatoms. The Labute approximate surface area is 134 Å². The molecule has 3 rings (SSSR count). The van der Waals surface area contributed by atoms with E-state index >= 15 is 0 Å². The SMILES string of the molecule is COc1ccc(C(C#N)=Cc2cc3ccccc3o2)cc1OC. The highest BCUT2D eigenvalue weighted by molar-refractivity contribution is 5.91. The lowest BCUT2D eigenvalue weighted by molar-refractivity contribution is 0.355. The number of benzene rings is 2. The van der Waals surface area contributed by atoms with Gasteiger partial charge in [-0.2, -0.15) is 5.26 Å². The number of hydrogen-bond acceptors (Lipinski definition) is 4. The van der Waals surface area contributed by atoms with Crippen LogP contribution in [0, 0.1) is 11.3 Å². The third-order valence-corrected chi connectivity index (χ3v) is 3.55. The second-order valence-corrected chi connectivity index (χ2v) is 4.93. The Morgan fingerprint density at radius 1 is 1.04 bits per heavy atom. The first-order valence-electron chi connectivity index (χ1n) is 7.08. The molecule has 0 saturated heterocycles. The summed E-state index contributed by atoms with van der Waals surface area (Å²) in [5, 5.41) is 10.5. The minimum absolute atomic E-state index is 0.491. The summed E-state index contributed by atoms with van der Waals surface area (Å²) in [6.45, 7) is 0. The summed E-state index contributed by atoms with van der Waals surface area (Å²) in [7, 11) is 3.14. The molecule has 0 radical (unpaired) electrons. The second-order valence-electron chi connectivity index (χ2n) is 4.93. The van der Waals surface area contributed by atoms with Gasteiger partial charge in [-0.3, -0.25) is 0 Å². The molecule has 0 spiro atoms. The number of methoxy groups -OCH3 is 2. The van der Waals surface area contributed by atoms with Crippen LogP contribution >= 0.6 is 0 Å². The summed E-state index contributed by atoms with van der Waals surface area (Å²) in [4.78, 5) is 0. The molecule has 0 fully saturated rings. The molecule has 1 aromatic heterocycles. The van der Waals surface area contributed by atoms with Crippen molar-refractivity contribution in [2.45, 2.75) is 0 Å². The maximum atomic E-state index is 9.47. The lowest BCUT2D eigenvalue weighted by Crippen LogP contribution is -1.92. The number of fused-ring (bicyclic) bond motifs is 1. The van der Waals surface area contributed by atoms with Gasteiger partial charge in [0.05, 0.1) is 25.9 Å². The molecule has 114 valence electrons. The summed E-state index contributed by atoms with van der Waals surface area (Å²) in [5.41, 5.74) is 2.03. The van der Waals surface area contributed by atoms with Gasteiger partial charge in [0.2, 0.25) is 0 Å². The van der Waals surface area contributed by atoms with Gasteiger partial charge in [0, 0.05) is 5.39 Å². The van der Waals surface area contributed by atoms with E-state index in [0.717, 1.165) is 16.5 Å². The Kier molecular flexibility index (Phi) is 4.03. The third kappa shape index (κ3) is 2.90. The van der Waals surface area contributed by atoms with Gasteiger partial charge >= 0.3 is 0 Å². The Bertz CT molecular complexity index is 883. The van der Waals surface area contributed by atoms with Crippen molar-refractivity contribution in [3.63, 3.8) is 0 Å². The number of nitriles is 1. The third-order valence-electron chi connectivity index (χ3n) is 3.55. The van der Waals surface area contributed by atoms with Gasteiger partial charge in [-0.05, 0) is 42.0 Å². The molecule has 0 amide bonds. The van der Waals surface area contributed by atoms with Crippen LogP contribution in [0.5, 0.6) is 11.5 Å². The number of hydrogen-bond donors (Lipinski definition) is 0. The molecule has 1 heterocycles. The number of nitrogens with zero attached hydrogens (tertiary/aromatic N) is 1. The standard InChI is InChI=1S/C19H15NO3/c1-21-18-8-7-13(11-19(18)22-2)15(12-20)10-16-9-14-5-3-4-6-17(14)23-16/h3-11H,1-2H3. The fourth-order valence-electron chi connectivity index (χ4n) is 2.40. The number of ether oxygens (including phenoxy) is 2. The van der Waals surface area contributed by atoms with Gasteiger partial charge in [0.15, 0.2) is 11.5 Å². The monoisotopic (exact) mass is 305 g/mol. The van der Waals surface area contributed by atoms with Crippen LogP contribution < -0.4 is 9.47 Å². The smallest absolute Gasteiger partial charge is 0.161 e. The predicted octanol–water partition coefficient (Wildman–Crippen LogP) is 4.51. The molecular formula is C19H15NO3. The van der Waals surface area contributed by atoms with Crippen molar-refractivity contribution in [3.05, 3.63) is 59.9 Å². The zero-order valence-corrected chi connectivity index (χ0v) is 12.9. The summed E-state index contributed by atoms with van der Waals surface area (Å²) < 4.78 is 16.2. The molecule has 3 aromatic rings. The van der Waals surface area contributed by atoms with Crippen molar-refractivity contribution in [2.24, 2.45) is 0 Å². The molecule has 23 heavy (non-hydrogen) atoms. The second kappa shape index (κ2) is 6.29. The van der Waals surface area contributed by atoms with Gasteiger partial charge in [-0.25, -0.2) is 0 Å². The molecule has 0 N–H and O–H groups in total. The van der Waals surface area contributed by atoms with E-state index in [0.29, 0.717) is 22.8 Å². The summed E-state index contributed by atoms with van der Waals surface area (Å²) in [6, 6.07) is 17.2. The molecule has 0 atom stereocenters. The number of rotatable bonds is 4. The molecule has 0 bridgehead atoms. The van der Waals surface area contributed by atoms with Crippen LogP contribution in [0.25, 0.3) is 22.6 Å². The van der Waals surface area contributed by atoms with Crippen molar-refractivity contribution >= 4 is 22.6 Å². The maximum absolute atomic E-state index is 9.47. The largest absolute Gasteiger partial charge is 0.493 e. The highest BCUT2D eigenvalue weighted by Gasteiger charge is 2.09. The maximum Gasteiger partial charge on any atom is 0.161 e. The number of para-hydroxylation sites is 1. The van der Waals surface area contributed by atoms with Gasteiger partial charge in [-0.1, -0.05) is 18.2 Å². The molecule has 0 aliphatic heterocycles. The van der Waals surface area contributed by atoms with Crippen LogP contribution in [0.15, 0.2) is 52.9 Å². The van der Waals surface area contributed by atoms with Gasteiger partial charge in [0.25, 0.3) is 0 Å². The lowest BCUT2D eigenvalue weighted by atomic mass is 10.1. The van der Waals surface area contributed by atoms with E-state index in [4.69, 9.17) is 13.9 Å². The Balaban J connectivity index is 2.03. The fourth-order valence-corrected chi connectivity index (χ4v) is 2.40. The predicted molar refractivity (Wildman–Crippen MR) is 89.2 cm³/mol. The van der Waals surface area contributed by atoms with Crippen molar-refractivity contribution in [1.29, 1.82) is 5.26 Å². The Morgan fingerprint density at radius 3 is 2.52 bits per heavy atom. The normalized spacial score (nSPS) is 11.3. The highest BCUT2D eigenvalue weighted by atomic mass is 16.5. The van der Waals surface area contributed by atoms with Crippen LogP contribution in [-0.4, -0.2) is 14.2 Å². The summed E-state index contributed by atoms with van der Waals surface area (Å²) in [5.74, 6) is 1.84. The van der Waals surface area contributed by atoms with Gasteiger partial charge in [0.1, 0.15) is 11.3 Å². The molecule has 0 unspecified atom stereocenters. The van der Waals surface area contributed by atoms with E-state index in [1.807, 2.05) is 36.4 Å². The highest BCUT2D eigenvalue weighted by Crippen LogP contribution is 2.31. The Morgan fingerprint density at radius 2 is 1.83 bits per heavy atom. The van der Waals surface area contributed by atoms with Crippen LogP contribution in [0.3, 0.4) is 0 Å². The van der Waals surface area contributed by atoms with E-state index in [2.05, 4.69) is 6.07 Å². The van der Waals surface area contributed by atoms with E-state index in [1.165, 1.54) is 0 Å². The first-order valence-corrected chi connectivity index (χ1v) is 7.08. The zero-order chi connectivity index (χ0) is 16.2. The first kappa shape index (κ1) is 14.7. The van der Waals surface area contributed by atoms with Gasteiger partial charge < -0.3 is 13.9 Å². The van der Waals surface area contributed by atoms with E-state index in [9.17, 15) is 5.26 Å². The molecule has 2 aromatic carbocycles. The molecule has 0 aliphatic rings. The van der Waals surface area contributed by atoms with Crippen LogP contribution in [0.2, 0.25) is 0 Å². The van der Waals surface area contributed by atoms with E-state index in [1.54, 1.807) is 32.4 Å². The lowest BCUT2D eigenvalue weighted by Gasteiger charge is -2.08. The summed E-state index contributed by atoms with van der Waals surface area (Å²) in [6.07, 6.45) is 1.72. The minimum Gasteiger partial charge on any atom is -0.493 e. The molecule has 4 nitrogen and oxygen atoms in total. The van der Waals surface area contributed by atoms with Crippen molar-refractivity contribution < 1.29 is 13.9 Å². The Hall–Kier alpha value is -3.19. The minimum atomic E-state index is 0.491. The molecular weight excluding hydrogens is 290 g/mol. The molecule has 0 aliphatic carbocycles. The zero-order valence-electron chi connectivity index (χ0n) is 12.9. The van der Waals surface area contributed by atoms with Crippen molar-refractivity contribution in [2.75, 3.05) is 14.2 Å². The summed E-state index contributed by atoms with van der Waals surface area (Å²) >= 11 is 0. The van der Waals surface area contributed by atoms with Crippen LogP contribution in [0.4, 0.5) is 0 Å². The average molecular weight is 305 g/mol. The van der Waals surface area contributed by atoms with E-state index < -0.39 is 0 Å². The molecule has 0 saturated carbocycles. The van der Waals surface area contributed by atoms with Crippen LogP contribution in [-0.2, 0) is 0 Å². The van der Waals surface area contributed by atoms with Gasteiger partial charge in [-0.15, -0.1) is 0 Å². The number of furan rings is 1. The number of allylic oxidation sites excluding steroid dienone is 1. The average Bonchev–Trinajstić information content (AvgIpc) is 3.01. The van der Waals surface area contributed by atoms with Crippen molar-refractivity contribution in [1.82, 2.24) is 0 Å². The topological polar surface area (TPSA) is 55.4 Å². The van der Waals surface area contributed by atoms with Crippen molar-refractivity contribution in [3.8, 4) is 17.6 Å².